The van der Waals surface area contributed by atoms with Crippen LogP contribution in [0.25, 0.3) is 16.6 Å². The number of carbonyl (C=O) groups excluding carboxylic acids is 1. The molecule has 1 amide bonds. The number of benzene rings is 1. The number of likely N-dealkylation sites (N-methyl/N-ethyl adjacent to an activating group) is 1. The van der Waals surface area contributed by atoms with Crippen LogP contribution in [0, 0.1) is 5.92 Å². The maximum Gasteiger partial charge on any atom is 0.222 e. The van der Waals surface area contributed by atoms with Crippen LogP contribution in [-0.4, -0.2) is 71.1 Å². The molecule has 0 N–H and O–H groups in total. The van der Waals surface area contributed by atoms with Crippen LogP contribution in [-0.2, 0) is 4.79 Å². The Balaban J connectivity index is 1.17. The Kier molecular flexibility index (Phi) is 5.77. The number of aromatic nitrogens is 2. The van der Waals surface area contributed by atoms with E-state index in [1.54, 1.807) is 0 Å². The molecule has 1 unspecified atom stereocenters. The van der Waals surface area contributed by atoms with Crippen LogP contribution in [0.3, 0.4) is 0 Å². The zero-order chi connectivity index (χ0) is 23.1. The number of hydrogen-bond acceptors (Lipinski definition) is 4. The standard InChI is InChI=1S/C28H35N5O/c1-2-30-12-10-24(19-30)22-5-7-23(8-6-22)25-18-27-26(9-11-29-33(27)20-25)31-13-15-32(16-14-31)28(34)17-21-3-4-21/h5-9,11,18,20-21,24H,2-4,10,12-17,19H2,1H3. The van der Waals surface area contributed by atoms with E-state index < -0.39 is 0 Å². The summed E-state index contributed by atoms with van der Waals surface area (Å²) in [6.45, 7) is 9.16. The number of likely N-dealkylation sites (tertiary alicyclic amines) is 1. The quantitative estimate of drug-likeness (QED) is 0.555. The third-order valence-electron chi connectivity index (χ3n) is 8.05. The molecular formula is C28H35N5O. The second-order valence-corrected chi connectivity index (χ2v) is 10.3. The summed E-state index contributed by atoms with van der Waals surface area (Å²) in [5.41, 5.74) is 6.23. The molecule has 34 heavy (non-hydrogen) atoms. The molecule has 3 fully saturated rings. The lowest BCUT2D eigenvalue weighted by atomic mass is 9.96. The lowest BCUT2D eigenvalue weighted by Crippen LogP contribution is -2.49. The Hall–Kier alpha value is -2.86. The van der Waals surface area contributed by atoms with Gasteiger partial charge in [0.2, 0.25) is 5.91 Å². The Labute approximate surface area is 202 Å². The number of amides is 1. The first-order valence-corrected chi connectivity index (χ1v) is 13.0. The molecule has 2 saturated heterocycles. The van der Waals surface area contributed by atoms with Crippen LogP contribution in [0.4, 0.5) is 5.69 Å². The Bertz CT molecular complexity index is 1160. The van der Waals surface area contributed by atoms with Crippen molar-refractivity contribution < 1.29 is 4.79 Å². The predicted octanol–water partition coefficient (Wildman–Crippen LogP) is 4.26. The number of hydrogen-bond donors (Lipinski definition) is 0. The van der Waals surface area contributed by atoms with Crippen molar-refractivity contribution in [3.05, 3.63) is 54.4 Å². The van der Waals surface area contributed by atoms with E-state index in [4.69, 9.17) is 0 Å². The number of carbonyl (C=O) groups is 1. The minimum Gasteiger partial charge on any atom is -0.366 e. The van der Waals surface area contributed by atoms with Gasteiger partial charge in [-0.05, 0) is 67.4 Å². The third kappa shape index (κ3) is 4.31. The topological polar surface area (TPSA) is 44.1 Å². The number of rotatable bonds is 6. The van der Waals surface area contributed by atoms with E-state index in [1.807, 2.05) is 10.7 Å². The van der Waals surface area contributed by atoms with Gasteiger partial charge in [-0.1, -0.05) is 31.2 Å². The summed E-state index contributed by atoms with van der Waals surface area (Å²) in [5.74, 6) is 1.66. The second-order valence-electron chi connectivity index (χ2n) is 10.3. The van der Waals surface area contributed by atoms with Gasteiger partial charge in [0, 0.05) is 57.1 Å². The zero-order valence-electron chi connectivity index (χ0n) is 20.2. The first-order valence-electron chi connectivity index (χ1n) is 13.0. The molecule has 6 heteroatoms. The fourth-order valence-electron chi connectivity index (χ4n) is 5.66. The van der Waals surface area contributed by atoms with E-state index in [2.05, 4.69) is 69.3 Å². The molecular weight excluding hydrogens is 422 g/mol. The number of piperazine rings is 1. The molecule has 2 aromatic heterocycles. The van der Waals surface area contributed by atoms with Crippen LogP contribution >= 0.6 is 0 Å². The van der Waals surface area contributed by atoms with E-state index >= 15 is 0 Å². The van der Waals surface area contributed by atoms with Gasteiger partial charge >= 0.3 is 0 Å². The minimum atomic E-state index is 0.343. The molecule has 1 aliphatic carbocycles. The van der Waals surface area contributed by atoms with Crippen molar-refractivity contribution in [2.75, 3.05) is 50.7 Å². The van der Waals surface area contributed by atoms with E-state index in [0.717, 1.165) is 44.7 Å². The van der Waals surface area contributed by atoms with E-state index in [9.17, 15) is 4.79 Å². The first-order chi connectivity index (χ1) is 16.7. The molecule has 1 aromatic carbocycles. The Morgan fingerprint density at radius 1 is 0.971 bits per heavy atom. The van der Waals surface area contributed by atoms with Gasteiger partial charge in [0.05, 0.1) is 11.2 Å². The summed E-state index contributed by atoms with van der Waals surface area (Å²) < 4.78 is 2.00. The summed E-state index contributed by atoms with van der Waals surface area (Å²) in [7, 11) is 0. The van der Waals surface area contributed by atoms with Gasteiger partial charge in [0.25, 0.3) is 0 Å². The lowest BCUT2D eigenvalue weighted by Gasteiger charge is -2.36. The highest BCUT2D eigenvalue weighted by atomic mass is 16.2. The summed E-state index contributed by atoms with van der Waals surface area (Å²) in [4.78, 5) is 19.5. The number of anilines is 1. The maximum atomic E-state index is 12.5. The minimum absolute atomic E-state index is 0.343. The third-order valence-corrected chi connectivity index (χ3v) is 8.05. The lowest BCUT2D eigenvalue weighted by molar-refractivity contribution is -0.131. The summed E-state index contributed by atoms with van der Waals surface area (Å²) in [6.07, 6.45) is 8.50. The molecule has 0 bridgehead atoms. The van der Waals surface area contributed by atoms with Crippen LogP contribution in [0.1, 0.15) is 44.1 Å². The Morgan fingerprint density at radius 3 is 2.47 bits per heavy atom. The molecule has 4 heterocycles. The van der Waals surface area contributed by atoms with Gasteiger partial charge in [0.15, 0.2) is 0 Å². The molecule has 6 nitrogen and oxygen atoms in total. The summed E-state index contributed by atoms with van der Waals surface area (Å²) in [6, 6.07) is 13.5. The molecule has 6 rings (SSSR count). The van der Waals surface area contributed by atoms with Crippen LogP contribution in [0.15, 0.2) is 48.8 Å². The van der Waals surface area contributed by atoms with Crippen molar-refractivity contribution >= 4 is 17.1 Å². The predicted molar refractivity (Wildman–Crippen MR) is 136 cm³/mol. The first kappa shape index (κ1) is 21.7. The fraction of sp³-hybridized carbons (Fsp3) is 0.500. The summed E-state index contributed by atoms with van der Waals surface area (Å²) >= 11 is 0. The number of fused-ring (bicyclic) bond motifs is 1. The molecule has 178 valence electrons. The normalized spacial score (nSPS) is 21.5. The molecule has 0 spiro atoms. The van der Waals surface area contributed by atoms with E-state index in [0.29, 0.717) is 17.7 Å². The molecule has 1 saturated carbocycles. The largest absolute Gasteiger partial charge is 0.366 e. The van der Waals surface area contributed by atoms with Crippen LogP contribution in [0.5, 0.6) is 0 Å². The van der Waals surface area contributed by atoms with E-state index in [-0.39, 0.29) is 0 Å². The SMILES string of the molecule is CCN1CCC(c2ccc(-c3cc4c(N5CCN(C(=O)CC6CC6)CC5)ccnn4c3)cc2)C1. The van der Waals surface area contributed by atoms with Gasteiger partial charge in [-0.15, -0.1) is 0 Å². The van der Waals surface area contributed by atoms with Crippen molar-refractivity contribution in [2.24, 2.45) is 5.92 Å². The molecule has 3 aliphatic rings. The Morgan fingerprint density at radius 2 is 1.76 bits per heavy atom. The van der Waals surface area contributed by atoms with Crippen molar-refractivity contribution in [1.82, 2.24) is 19.4 Å². The molecule has 1 atom stereocenters. The molecule has 3 aromatic rings. The molecule has 2 aliphatic heterocycles. The monoisotopic (exact) mass is 457 g/mol. The van der Waals surface area contributed by atoms with Crippen molar-refractivity contribution in [2.45, 2.75) is 38.5 Å². The highest BCUT2D eigenvalue weighted by Gasteiger charge is 2.29. The average Bonchev–Trinajstić information content (AvgIpc) is 3.38. The maximum absolute atomic E-state index is 12.5. The number of nitrogens with zero attached hydrogens (tertiary/aromatic N) is 5. The van der Waals surface area contributed by atoms with Gasteiger partial charge in [0.1, 0.15) is 0 Å². The highest BCUT2D eigenvalue weighted by molar-refractivity contribution is 5.81. The van der Waals surface area contributed by atoms with Gasteiger partial charge in [-0.3, -0.25) is 4.79 Å². The van der Waals surface area contributed by atoms with Gasteiger partial charge in [-0.2, -0.15) is 5.10 Å². The van der Waals surface area contributed by atoms with E-state index in [1.165, 1.54) is 54.7 Å². The fourth-order valence-corrected chi connectivity index (χ4v) is 5.66. The van der Waals surface area contributed by atoms with Crippen molar-refractivity contribution in [1.29, 1.82) is 0 Å². The van der Waals surface area contributed by atoms with Gasteiger partial charge < -0.3 is 14.7 Å². The smallest absolute Gasteiger partial charge is 0.222 e. The van der Waals surface area contributed by atoms with Crippen molar-refractivity contribution in [3.8, 4) is 11.1 Å². The van der Waals surface area contributed by atoms with Crippen LogP contribution < -0.4 is 4.90 Å². The van der Waals surface area contributed by atoms with Crippen molar-refractivity contribution in [3.63, 3.8) is 0 Å². The summed E-state index contributed by atoms with van der Waals surface area (Å²) in [5, 5.41) is 4.58. The highest BCUT2D eigenvalue weighted by Crippen LogP contribution is 2.34. The van der Waals surface area contributed by atoms with Crippen LogP contribution in [0.2, 0.25) is 0 Å². The average molecular weight is 458 g/mol. The zero-order valence-corrected chi connectivity index (χ0v) is 20.2. The van der Waals surface area contributed by atoms with Gasteiger partial charge in [-0.25, -0.2) is 4.52 Å². The molecule has 0 radical (unpaired) electrons. The second kappa shape index (κ2) is 9.06.